The molecule has 4 rings (SSSR count). The third-order valence-electron chi connectivity index (χ3n) is 4.65. The number of aromatic nitrogens is 3. The number of halogens is 1. The van der Waals surface area contributed by atoms with Crippen LogP contribution in [0.1, 0.15) is 12.0 Å². The maximum absolute atomic E-state index is 12.5. The normalized spacial score (nSPS) is 16.4. The van der Waals surface area contributed by atoms with E-state index in [-0.39, 0.29) is 24.2 Å². The number of nitrogens with zero attached hydrogens (tertiary/aromatic N) is 4. The summed E-state index contributed by atoms with van der Waals surface area (Å²) in [4.78, 5) is 30.8. The molecule has 28 heavy (non-hydrogen) atoms. The maximum atomic E-state index is 12.5. The molecule has 2 amide bonds. The molecule has 1 fully saturated rings. The van der Waals surface area contributed by atoms with Crippen molar-refractivity contribution < 1.29 is 9.59 Å². The van der Waals surface area contributed by atoms with E-state index in [2.05, 4.69) is 15.4 Å². The highest BCUT2D eigenvalue weighted by Crippen LogP contribution is 2.26. The number of nitrogens with one attached hydrogen (secondary N) is 1. The van der Waals surface area contributed by atoms with Crippen LogP contribution in [0.2, 0.25) is 5.02 Å². The highest BCUT2D eigenvalue weighted by molar-refractivity contribution is 6.30. The van der Waals surface area contributed by atoms with Crippen LogP contribution in [0, 0.1) is 5.92 Å². The SMILES string of the molecule is O=C(NCc1ccc(-n2cccn2)nc1)[C@@H]1CC(=O)N(c2ccc(Cl)cc2)C1. The monoisotopic (exact) mass is 395 g/mol. The summed E-state index contributed by atoms with van der Waals surface area (Å²) >= 11 is 5.89. The molecule has 1 aliphatic rings. The van der Waals surface area contributed by atoms with Crippen molar-refractivity contribution in [1.29, 1.82) is 0 Å². The Hall–Kier alpha value is -3.19. The summed E-state index contributed by atoms with van der Waals surface area (Å²) in [6.45, 7) is 0.722. The number of hydrogen-bond donors (Lipinski definition) is 1. The number of carbonyl (C=O) groups excluding carboxylic acids is 2. The van der Waals surface area contributed by atoms with Gasteiger partial charge in [-0.2, -0.15) is 5.10 Å². The van der Waals surface area contributed by atoms with Crippen molar-refractivity contribution in [3.63, 3.8) is 0 Å². The summed E-state index contributed by atoms with van der Waals surface area (Å²) in [5, 5.41) is 7.63. The molecule has 0 aliphatic carbocycles. The molecule has 7 nitrogen and oxygen atoms in total. The Balaban J connectivity index is 1.34. The van der Waals surface area contributed by atoms with E-state index in [1.807, 2.05) is 24.4 Å². The van der Waals surface area contributed by atoms with E-state index in [1.165, 1.54) is 0 Å². The smallest absolute Gasteiger partial charge is 0.227 e. The number of anilines is 1. The topological polar surface area (TPSA) is 80.1 Å². The zero-order valence-electron chi connectivity index (χ0n) is 15.0. The Labute approximate surface area is 166 Å². The zero-order valence-corrected chi connectivity index (χ0v) is 15.7. The number of rotatable bonds is 5. The lowest BCUT2D eigenvalue weighted by atomic mass is 10.1. The maximum Gasteiger partial charge on any atom is 0.227 e. The molecule has 2 aromatic heterocycles. The van der Waals surface area contributed by atoms with Crippen molar-refractivity contribution in [3.8, 4) is 5.82 Å². The molecule has 1 saturated heterocycles. The standard InChI is InChI=1S/C20H18ClN5O2/c21-16-3-5-17(6-4-16)25-13-15(10-19(25)27)20(28)23-12-14-2-7-18(22-11-14)26-9-1-8-24-26/h1-9,11,15H,10,12-13H2,(H,23,28)/t15-/m1/s1. The van der Waals surface area contributed by atoms with Gasteiger partial charge in [0, 0.05) is 48.8 Å². The Morgan fingerprint density at radius 2 is 2.04 bits per heavy atom. The largest absolute Gasteiger partial charge is 0.352 e. The van der Waals surface area contributed by atoms with Crippen molar-refractivity contribution in [3.05, 3.63) is 71.6 Å². The van der Waals surface area contributed by atoms with Crippen LogP contribution < -0.4 is 10.2 Å². The Bertz CT molecular complexity index is 971. The van der Waals surface area contributed by atoms with Gasteiger partial charge in [0.15, 0.2) is 5.82 Å². The lowest BCUT2D eigenvalue weighted by Crippen LogP contribution is -2.32. The molecule has 1 aliphatic heterocycles. The molecule has 1 N–H and O–H groups in total. The minimum atomic E-state index is -0.375. The van der Waals surface area contributed by atoms with Crippen molar-refractivity contribution in [1.82, 2.24) is 20.1 Å². The summed E-state index contributed by atoms with van der Waals surface area (Å²) in [7, 11) is 0. The van der Waals surface area contributed by atoms with Gasteiger partial charge in [0.05, 0.1) is 5.92 Å². The van der Waals surface area contributed by atoms with Gasteiger partial charge >= 0.3 is 0 Å². The molecule has 0 spiro atoms. The predicted molar refractivity (Wildman–Crippen MR) is 105 cm³/mol. The molecule has 8 heteroatoms. The third kappa shape index (κ3) is 3.89. The zero-order chi connectivity index (χ0) is 19.5. The van der Waals surface area contributed by atoms with E-state index < -0.39 is 0 Å². The second-order valence-corrected chi connectivity index (χ2v) is 7.01. The Kier molecular flexibility index (Phi) is 5.08. The van der Waals surface area contributed by atoms with Crippen molar-refractivity contribution in [2.75, 3.05) is 11.4 Å². The van der Waals surface area contributed by atoms with E-state index in [9.17, 15) is 9.59 Å². The van der Waals surface area contributed by atoms with Gasteiger partial charge in [0.2, 0.25) is 11.8 Å². The lowest BCUT2D eigenvalue weighted by molar-refractivity contribution is -0.126. The summed E-state index contributed by atoms with van der Waals surface area (Å²) in [5.74, 6) is 0.133. The van der Waals surface area contributed by atoms with Crippen LogP contribution in [0.25, 0.3) is 5.82 Å². The number of hydrogen-bond acceptors (Lipinski definition) is 4. The first kappa shape index (κ1) is 18.2. The van der Waals surface area contributed by atoms with Crippen LogP contribution in [0.3, 0.4) is 0 Å². The first-order chi connectivity index (χ1) is 13.6. The fraction of sp³-hybridized carbons (Fsp3) is 0.200. The number of pyridine rings is 1. The molecule has 3 heterocycles. The number of carbonyl (C=O) groups is 2. The van der Waals surface area contributed by atoms with Crippen molar-refractivity contribution in [2.45, 2.75) is 13.0 Å². The molecule has 1 atom stereocenters. The van der Waals surface area contributed by atoms with Gasteiger partial charge in [-0.1, -0.05) is 17.7 Å². The first-order valence-corrected chi connectivity index (χ1v) is 9.26. The highest BCUT2D eigenvalue weighted by atomic mass is 35.5. The molecule has 3 aromatic rings. The molecule has 0 saturated carbocycles. The fourth-order valence-corrected chi connectivity index (χ4v) is 3.27. The third-order valence-corrected chi connectivity index (χ3v) is 4.90. The second kappa shape index (κ2) is 7.82. The average Bonchev–Trinajstić information content (AvgIpc) is 3.37. The van der Waals surface area contributed by atoms with Crippen LogP contribution in [0.4, 0.5) is 5.69 Å². The lowest BCUT2D eigenvalue weighted by Gasteiger charge is -2.16. The molecular formula is C20H18ClN5O2. The van der Waals surface area contributed by atoms with Crippen LogP contribution >= 0.6 is 11.6 Å². The molecule has 0 radical (unpaired) electrons. The van der Waals surface area contributed by atoms with Gasteiger partial charge in [-0.25, -0.2) is 9.67 Å². The average molecular weight is 396 g/mol. The van der Waals surface area contributed by atoms with E-state index in [4.69, 9.17) is 11.6 Å². The Morgan fingerprint density at radius 3 is 2.71 bits per heavy atom. The van der Waals surface area contributed by atoms with Gasteiger partial charge < -0.3 is 10.2 Å². The number of benzene rings is 1. The van der Waals surface area contributed by atoms with E-state index in [0.717, 1.165) is 11.3 Å². The summed E-state index contributed by atoms with van der Waals surface area (Å²) < 4.78 is 1.66. The van der Waals surface area contributed by atoms with Crippen LogP contribution in [-0.2, 0) is 16.1 Å². The number of amides is 2. The van der Waals surface area contributed by atoms with Gasteiger partial charge in [-0.3, -0.25) is 9.59 Å². The van der Waals surface area contributed by atoms with Crippen molar-refractivity contribution >= 4 is 29.1 Å². The van der Waals surface area contributed by atoms with Gasteiger partial charge in [0.1, 0.15) is 0 Å². The van der Waals surface area contributed by atoms with Crippen LogP contribution in [0.15, 0.2) is 61.1 Å². The minimum absolute atomic E-state index is 0.0623. The molecule has 0 unspecified atom stereocenters. The minimum Gasteiger partial charge on any atom is -0.352 e. The quantitative estimate of drug-likeness (QED) is 0.720. The van der Waals surface area contributed by atoms with Gasteiger partial charge in [0.25, 0.3) is 0 Å². The van der Waals surface area contributed by atoms with Crippen LogP contribution in [-0.4, -0.2) is 33.1 Å². The molecular weight excluding hydrogens is 378 g/mol. The molecule has 0 bridgehead atoms. The summed E-state index contributed by atoms with van der Waals surface area (Å²) in [5.41, 5.74) is 1.63. The van der Waals surface area contributed by atoms with Gasteiger partial charge in [-0.05, 0) is 42.0 Å². The van der Waals surface area contributed by atoms with Gasteiger partial charge in [-0.15, -0.1) is 0 Å². The fourth-order valence-electron chi connectivity index (χ4n) is 3.15. The van der Waals surface area contributed by atoms with Crippen LogP contribution in [0.5, 0.6) is 0 Å². The summed E-state index contributed by atoms with van der Waals surface area (Å²) in [6, 6.07) is 12.6. The second-order valence-electron chi connectivity index (χ2n) is 6.57. The van der Waals surface area contributed by atoms with E-state index in [1.54, 1.807) is 46.2 Å². The predicted octanol–water partition coefficient (Wildman–Crippen LogP) is 2.59. The van der Waals surface area contributed by atoms with E-state index >= 15 is 0 Å². The van der Waals surface area contributed by atoms with Crippen molar-refractivity contribution in [2.24, 2.45) is 5.92 Å². The molecule has 142 valence electrons. The summed E-state index contributed by atoms with van der Waals surface area (Å²) in [6.07, 6.45) is 5.40. The Morgan fingerprint density at radius 1 is 1.21 bits per heavy atom. The first-order valence-electron chi connectivity index (χ1n) is 8.89. The highest BCUT2D eigenvalue weighted by Gasteiger charge is 2.34. The van der Waals surface area contributed by atoms with E-state index in [0.29, 0.717) is 23.9 Å². The molecule has 1 aromatic carbocycles.